The Bertz CT molecular complexity index is 1780. The minimum Gasteiger partial charge on any atom is -0.361 e. The predicted molar refractivity (Wildman–Crippen MR) is 129 cm³/mol. The van der Waals surface area contributed by atoms with Gasteiger partial charge in [0.1, 0.15) is 6.07 Å². The van der Waals surface area contributed by atoms with Gasteiger partial charge in [-0.2, -0.15) is 5.26 Å². The molecule has 0 spiro atoms. The number of anilines is 1. The molecule has 33 heavy (non-hydrogen) atoms. The van der Waals surface area contributed by atoms with Gasteiger partial charge >= 0.3 is 5.69 Å². The molecule has 0 aliphatic carbocycles. The summed E-state index contributed by atoms with van der Waals surface area (Å²) in [6, 6.07) is 15.2. The van der Waals surface area contributed by atoms with Crippen molar-refractivity contribution >= 4 is 39.6 Å². The lowest BCUT2D eigenvalue weighted by Gasteiger charge is -2.06. The molecule has 0 radical (unpaired) electrons. The highest BCUT2D eigenvalue weighted by molar-refractivity contribution is 5.83. The molecule has 3 aromatic heterocycles. The summed E-state index contributed by atoms with van der Waals surface area (Å²) in [6.07, 6.45) is 1.62. The summed E-state index contributed by atoms with van der Waals surface area (Å²) in [5, 5.41) is 13.4. The molecule has 0 atom stereocenters. The van der Waals surface area contributed by atoms with E-state index in [1.165, 1.54) is 4.40 Å². The molecule has 0 aliphatic rings. The lowest BCUT2D eigenvalue weighted by Crippen LogP contribution is -2.34. The van der Waals surface area contributed by atoms with Crippen LogP contribution in [-0.4, -0.2) is 18.5 Å². The van der Waals surface area contributed by atoms with Gasteiger partial charge in [-0.25, -0.2) is 9.78 Å². The lowest BCUT2D eigenvalue weighted by atomic mass is 10.1. The molecule has 8 heteroatoms. The van der Waals surface area contributed by atoms with Crippen molar-refractivity contribution in [1.82, 2.24) is 18.5 Å². The van der Waals surface area contributed by atoms with Crippen LogP contribution in [0, 0.1) is 18.3 Å². The van der Waals surface area contributed by atoms with Crippen LogP contribution >= 0.6 is 0 Å². The van der Waals surface area contributed by atoms with E-state index in [-0.39, 0.29) is 11.2 Å². The summed E-state index contributed by atoms with van der Waals surface area (Å²) in [7, 11) is 0. The number of aromatic nitrogens is 4. The SMILES string of the molecule is CCn1c(=O)n(CC)c2cc(N/C=c3\c(C)c(C#N)c4nc5ccccc5n4c3=O)ccc21. The maximum absolute atomic E-state index is 13.4. The molecule has 0 saturated carbocycles. The van der Waals surface area contributed by atoms with Crippen LogP contribution in [0.1, 0.15) is 25.0 Å². The zero-order valence-electron chi connectivity index (χ0n) is 18.6. The molecule has 0 amide bonds. The Balaban J connectivity index is 1.71. The molecule has 0 fully saturated rings. The van der Waals surface area contributed by atoms with Gasteiger partial charge in [-0.05, 0) is 56.7 Å². The highest BCUT2D eigenvalue weighted by Crippen LogP contribution is 2.20. The van der Waals surface area contributed by atoms with Crippen LogP contribution in [0.25, 0.3) is 33.9 Å². The van der Waals surface area contributed by atoms with Gasteiger partial charge in [0.2, 0.25) is 0 Å². The third-order valence-corrected chi connectivity index (χ3v) is 6.14. The van der Waals surface area contributed by atoms with Crippen LogP contribution in [0.2, 0.25) is 0 Å². The van der Waals surface area contributed by atoms with E-state index in [1.54, 1.807) is 22.3 Å². The van der Waals surface area contributed by atoms with Gasteiger partial charge in [-0.3, -0.25) is 18.3 Å². The molecule has 0 aliphatic heterocycles. The Labute approximate surface area is 188 Å². The fourth-order valence-corrected chi connectivity index (χ4v) is 4.46. The molecule has 0 saturated heterocycles. The van der Waals surface area contributed by atoms with E-state index in [0.29, 0.717) is 46.1 Å². The number of pyridine rings is 1. The summed E-state index contributed by atoms with van der Waals surface area (Å²) in [5.74, 6) is 0. The van der Waals surface area contributed by atoms with Crippen LogP contribution in [0.4, 0.5) is 5.69 Å². The molecule has 5 aromatic rings. The van der Waals surface area contributed by atoms with E-state index in [1.807, 2.05) is 56.3 Å². The maximum atomic E-state index is 13.4. The van der Waals surface area contributed by atoms with Crippen molar-refractivity contribution in [2.24, 2.45) is 0 Å². The van der Waals surface area contributed by atoms with Gasteiger partial charge in [0.15, 0.2) is 5.65 Å². The molecule has 164 valence electrons. The number of hydrogen-bond donors (Lipinski definition) is 1. The summed E-state index contributed by atoms with van der Waals surface area (Å²) >= 11 is 0. The summed E-state index contributed by atoms with van der Waals surface area (Å²) in [4.78, 5) is 30.5. The van der Waals surface area contributed by atoms with Crippen LogP contribution < -0.4 is 21.8 Å². The minimum atomic E-state index is -0.244. The fraction of sp³-hybridized carbons (Fsp3) is 0.200. The number of benzene rings is 2. The smallest absolute Gasteiger partial charge is 0.329 e. The first-order valence-corrected chi connectivity index (χ1v) is 10.8. The van der Waals surface area contributed by atoms with E-state index in [2.05, 4.69) is 16.4 Å². The van der Waals surface area contributed by atoms with Crippen LogP contribution in [-0.2, 0) is 13.1 Å². The quantitative estimate of drug-likeness (QED) is 0.465. The fourth-order valence-electron chi connectivity index (χ4n) is 4.46. The van der Waals surface area contributed by atoms with Gasteiger partial charge < -0.3 is 5.32 Å². The number of nitriles is 1. The van der Waals surface area contributed by atoms with Crippen LogP contribution in [0.3, 0.4) is 0 Å². The molecule has 3 heterocycles. The standard InChI is InChI=1S/C25H22N6O2/c1-4-29-21-11-10-16(12-22(21)30(5-2)25(29)33)27-14-18-15(3)17(13-26)23-28-19-8-6-7-9-20(19)31(23)24(18)32/h6-12,14,27H,4-5H2,1-3H3/b18-14+. The van der Waals surface area contributed by atoms with Crippen molar-refractivity contribution in [3.8, 4) is 6.07 Å². The molecule has 0 bridgehead atoms. The average molecular weight is 438 g/mol. The van der Waals surface area contributed by atoms with Crippen molar-refractivity contribution in [2.75, 3.05) is 5.32 Å². The number of imidazole rings is 2. The average Bonchev–Trinajstić information content (AvgIpc) is 3.33. The first-order valence-electron chi connectivity index (χ1n) is 10.8. The predicted octanol–water partition coefficient (Wildman–Crippen LogP) is 2.75. The van der Waals surface area contributed by atoms with Gasteiger partial charge in [-0.15, -0.1) is 0 Å². The number of fused-ring (bicyclic) bond motifs is 4. The zero-order chi connectivity index (χ0) is 23.3. The number of nitrogens with one attached hydrogen (secondary N) is 1. The van der Waals surface area contributed by atoms with Crippen molar-refractivity contribution < 1.29 is 0 Å². The normalized spacial score (nSPS) is 12.1. The molecule has 2 aromatic carbocycles. The molecule has 0 unspecified atom stereocenters. The second-order valence-electron chi connectivity index (χ2n) is 7.85. The third-order valence-electron chi connectivity index (χ3n) is 6.14. The second kappa shape index (κ2) is 7.64. The van der Waals surface area contributed by atoms with Gasteiger partial charge in [0.05, 0.1) is 32.8 Å². The molecule has 1 N–H and O–H groups in total. The van der Waals surface area contributed by atoms with Gasteiger partial charge in [0, 0.05) is 25.0 Å². The van der Waals surface area contributed by atoms with Gasteiger partial charge in [-0.1, -0.05) is 12.1 Å². The monoisotopic (exact) mass is 438 g/mol. The van der Waals surface area contributed by atoms with Crippen molar-refractivity contribution in [2.45, 2.75) is 33.9 Å². The largest absolute Gasteiger partial charge is 0.361 e. The number of para-hydroxylation sites is 2. The Morgan fingerprint density at radius 2 is 1.76 bits per heavy atom. The molecular weight excluding hydrogens is 416 g/mol. The summed E-state index contributed by atoms with van der Waals surface area (Å²) in [5.41, 5.74) is 4.80. The number of aryl methyl sites for hydroxylation is 2. The third kappa shape index (κ3) is 2.93. The highest BCUT2D eigenvalue weighted by Gasteiger charge is 2.16. The van der Waals surface area contributed by atoms with E-state index in [9.17, 15) is 14.9 Å². The van der Waals surface area contributed by atoms with Crippen molar-refractivity contribution in [1.29, 1.82) is 5.26 Å². The Hall–Kier alpha value is -4.38. The van der Waals surface area contributed by atoms with E-state index in [0.717, 1.165) is 16.7 Å². The van der Waals surface area contributed by atoms with Crippen molar-refractivity contribution in [3.63, 3.8) is 0 Å². The number of hydrogen-bond acceptors (Lipinski definition) is 5. The Morgan fingerprint density at radius 1 is 1.03 bits per heavy atom. The van der Waals surface area contributed by atoms with E-state index in [4.69, 9.17) is 0 Å². The van der Waals surface area contributed by atoms with E-state index < -0.39 is 0 Å². The number of nitrogens with zero attached hydrogens (tertiary/aromatic N) is 5. The molecular formula is C25H22N6O2. The topological polar surface area (TPSA) is 97.1 Å². The first kappa shape index (κ1) is 20.5. The molecule has 8 nitrogen and oxygen atoms in total. The van der Waals surface area contributed by atoms with Gasteiger partial charge in [0.25, 0.3) is 5.56 Å². The summed E-state index contributed by atoms with van der Waals surface area (Å²) in [6.45, 7) is 6.80. The Kier molecular flexibility index (Phi) is 4.75. The number of rotatable bonds is 4. The maximum Gasteiger partial charge on any atom is 0.329 e. The zero-order valence-corrected chi connectivity index (χ0v) is 18.6. The van der Waals surface area contributed by atoms with E-state index >= 15 is 0 Å². The first-order chi connectivity index (χ1) is 16.0. The molecule has 5 rings (SSSR count). The summed E-state index contributed by atoms with van der Waals surface area (Å²) < 4.78 is 4.96. The van der Waals surface area contributed by atoms with Crippen molar-refractivity contribution in [3.05, 3.63) is 79.6 Å². The van der Waals surface area contributed by atoms with Crippen LogP contribution in [0.15, 0.2) is 52.1 Å². The van der Waals surface area contributed by atoms with Crippen LogP contribution in [0.5, 0.6) is 0 Å². The Morgan fingerprint density at radius 3 is 2.48 bits per heavy atom. The lowest BCUT2D eigenvalue weighted by molar-refractivity contribution is 0.671. The highest BCUT2D eigenvalue weighted by atomic mass is 16.1. The second-order valence-corrected chi connectivity index (χ2v) is 7.85. The minimum absolute atomic E-state index is 0.0371.